The van der Waals surface area contributed by atoms with Crippen molar-refractivity contribution in [3.8, 4) is 0 Å². The second-order valence-electron chi connectivity index (χ2n) is 4.08. The minimum absolute atomic E-state index is 1.08. The average Bonchev–Trinajstić information content (AvgIpc) is 2.40. The topological polar surface area (TPSA) is 19.9 Å². The lowest BCUT2D eigenvalue weighted by Gasteiger charge is -2.43. The third kappa shape index (κ3) is 1.68. The molecular formula is C8H6F9O. The smallest absolute Gasteiger partial charge is 0.218 e. The van der Waals surface area contributed by atoms with Crippen molar-refractivity contribution in [1.82, 2.24) is 0 Å². The molecule has 0 aromatic heterocycles. The average molecular weight is 289 g/mol. The Kier molecular flexibility index (Phi) is 3.14. The summed E-state index contributed by atoms with van der Waals surface area (Å²) in [7, 11) is 0. The van der Waals surface area contributed by atoms with Crippen LogP contribution in [0.25, 0.3) is 0 Å². The summed E-state index contributed by atoms with van der Waals surface area (Å²) in [5.74, 6) is 0. The van der Waals surface area contributed by atoms with Crippen LogP contribution in [0.15, 0.2) is 0 Å². The Morgan fingerprint density at radius 2 is 1.06 bits per heavy atom. The van der Waals surface area contributed by atoms with E-state index in [1.807, 2.05) is 0 Å². The van der Waals surface area contributed by atoms with Gasteiger partial charge in [-0.05, 0) is 19.3 Å². The standard InChI is InChI=1S/C8H6F9O/c9-6(10,11)4(7(12,13)14)2-1-3-5(4,18)8(15,16)17/h1-3H2. The lowest BCUT2D eigenvalue weighted by molar-refractivity contribution is -0.434. The second-order valence-corrected chi connectivity index (χ2v) is 4.08. The molecule has 0 spiro atoms. The van der Waals surface area contributed by atoms with Gasteiger partial charge in [-0.15, -0.1) is 0 Å². The van der Waals surface area contributed by atoms with E-state index in [1.54, 1.807) is 0 Å². The molecule has 0 saturated heterocycles. The van der Waals surface area contributed by atoms with Gasteiger partial charge in [0.05, 0.1) is 0 Å². The van der Waals surface area contributed by atoms with Gasteiger partial charge in [-0.2, -0.15) is 39.5 Å². The molecule has 10 heteroatoms. The van der Waals surface area contributed by atoms with E-state index in [1.165, 1.54) is 0 Å². The maximum atomic E-state index is 12.5. The first-order valence-corrected chi connectivity index (χ1v) is 4.61. The summed E-state index contributed by atoms with van der Waals surface area (Å²) in [5, 5.41) is 11.3. The van der Waals surface area contributed by atoms with Gasteiger partial charge in [0.2, 0.25) is 11.0 Å². The highest BCUT2D eigenvalue weighted by molar-refractivity contribution is 5.14. The summed E-state index contributed by atoms with van der Waals surface area (Å²) in [4.78, 5) is 0. The summed E-state index contributed by atoms with van der Waals surface area (Å²) in [5.41, 5.74) is -10.4. The van der Waals surface area contributed by atoms with Gasteiger partial charge in [-0.1, -0.05) is 0 Å². The van der Waals surface area contributed by atoms with Gasteiger partial charge in [0.1, 0.15) is 0 Å². The third-order valence-electron chi connectivity index (χ3n) is 3.20. The molecular weight excluding hydrogens is 283 g/mol. The van der Waals surface area contributed by atoms with Gasteiger partial charge in [0.25, 0.3) is 0 Å². The monoisotopic (exact) mass is 289 g/mol. The van der Waals surface area contributed by atoms with Gasteiger partial charge in [-0.25, -0.2) is 5.11 Å². The van der Waals surface area contributed by atoms with Crippen molar-refractivity contribution in [3.05, 3.63) is 0 Å². The van der Waals surface area contributed by atoms with Gasteiger partial charge >= 0.3 is 18.5 Å². The van der Waals surface area contributed by atoms with Crippen LogP contribution in [0.4, 0.5) is 39.5 Å². The molecule has 0 aliphatic heterocycles. The maximum Gasteiger partial charge on any atom is 0.421 e. The maximum absolute atomic E-state index is 12.5. The molecule has 1 saturated carbocycles. The fraction of sp³-hybridized carbons (Fsp3) is 1.00. The van der Waals surface area contributed by atoms with Crippen LogP contribution in [-0.2, 0) is 5.11 Å². The normalized spacial score (nSPS) is 29.7. The van der Waals surface area contributed by atoms with E-state index in [2.05, 4.69) is 0 Å². The summed E-state index contributed by atoms with van der Waals surface area (Å²) in [6.45, 7) is 0. The Morgan fingerprint density at radius 3 is 1.28 bits per heavy atom. The van der Waals surface area contributed by atoms with Crippen LogP contribution in [0.5, 0.6) is 0 Å². The van der Waals surface area contributed by atoms with Crippen molar-refractivity contribution in [2.24, 2.45) is 5.41 Å². The number of alkyl halides is 9. The van der Waals surface area contributed by atoms with E-state index < -0.39 is 48.8 Å². The predicted molar refractivity (Wildman–Crippen MR) is 37.9 cm³/mol. The van der Waals surface area contributed by atoms with E-state index in [-0.39, 0.29) is 0 Å². The summed E-state index contributed by atoms with van der Waals surface area (Å²) >= 11 is 0. The molecule has 18 heavy (non-hydrogen) atoms. The molecule has 1 rings (SSSR count). The molecule has 0 N–H and O–H groups in total. The van der Waals surface area contributed by atoms with Crippen molar-refractivity contribution in [2.75, 3.05) is 0 Å². The van der Waals surface area contributed by atoms with Crippen LogP contribution in [-0.4, -0.2) is 24.1 Å². The molecule has 107 valence electrons. The molecule has 1 radical (unpaired) electrons. The van der Waals surface area contributed by atoms with Crippen LogP contribution in [0.2, 0.25) is 0 Å². The fourth-order valence-electron chi connectivity index (χ4n) is 2.30. The quantitative estimate of drug-likeness (QED) is 0.600. The molecule has 0 aromatic carbocycles. The van der Waals surface area contributed by atoms with Crippen molar-refractivity contribution in [2.45, 2.75) is 43.4 Å². The minimum atomic E-state index is -6.31. The lowest BCUT2D eigenvalue weighted by Crippen LogP contribution is -2.66. The highest BCUT2D eigenvalue weighted by atomic mass is 19.4. The van der Waals surface area contributed by atoms with Crippen LogP contribution in [0.1, 0.15) is 19.3 Å². The van der Waals surface area contributed by atoms with Crippen molar-refractivity contribution >= 4 is 0 Å². The molecule has 0 bridgehead atoms. The van der Waals surface area contributed by atoms with Crippen LogP contribution in [0.3, 0.4) is 0 Å². The van der Waals surface area contributed by atoms with Crippen molar-refractivity contribution < 1.29 is 44.6 Å². The lowest BCUT2D eigenvalue weighted by atomic mass is 9.72. The van der Waals surface area contributed by atoms with E-state index in [0.717, 1.165) is 0 Å². The van der Waals surface area contributed by atoms with E-state index in [9.17, 15) is 44.6 Å². The number of hydrogen-bond acceptors (Lipinski definition) is 0. The van der Waals surface area contributed by atoms with Crippen molar-refractivity contribution in [1.29, 1.82) is 0 Å². The molecule has 1 aliphatic carbocycles. The first-order valence-electron chi connectivity index (χ1n) is 4.61. The van der Waals surface area contributed by atoms with Gasteiger partial charge in [-0.3, -0.25) is 0 Å². The molecule has 1 atom stereocenters. The first kappa shape index (κ1) is 15.4. The van der Waals surface area contributed by atoms with Crippen LogP contribution < -0.4 is 0 Å². The van der Waals surface area contributed by atoms with Crippen LogP contribution >= 0.6 is 0 Å². The Labute approximate surface area is 94.6 Å². The van der Waals surface area contributed by atoms with E-state index >= 15 is 0 Å². The minimum Gasteiger partial charge on any atom is -0.218 e. The third-order valence-corrected chi connectivity index (χ3v) is 3.20. The zero-order valence-corrected chi connectivity index (χ0v) is 8.43. The highest BCUT2D eigenvalue weighted by Crippen LogP contribution is 2.67. The molecule has 1 aliphatic rings. The van der Waals surface area contributed by atoms with Crippen LogP contribution in [0, 0.1) is 5.41 Å². The largest absolute Gasteiger partial charge is 0.421 e. The number of rotatable bonds is 0. The van der Waals surface area contributed by atoms with Gasteiger partial charge in [0.15, 0.2) is 0 Å². The Bertz CT molecular complexity index is 311. The summed E-state index contributed by atoms with van der Waals surface area (Å²) < 4.78 is 112. The fourth-order valence-corrected chi connectivity index (χ4v) is 2.30. The Morgan fingerprint density at radius 1 is 0.667 bits per heavy atom. The SMILES string of the molecule is [O]C1(C(F)(F)F)CCCC1(C(F)(F)F)C(F)(F)F. The molecule has 1 nitrogen and oxygen atoms in total. The van der Waals surface area contributed by atoms with Gasteiger partial charge in [0, 0.05) is 0 Å². The first-order chi connectivity index (χ1) is 7.71. The van der Waals surface area contributed by atoms with E-state index in [4.69, 9.17) is 0 Å². The number of halogens is 9. The highest BCUT2D eigenvalue weighted by Gasteiger charge is 2.87. The van der Waals surface area contributed by atoms with E-state index in [0.29, 0.717) is 0 Å². The molecule has 0 aromatic rings. The molecule has 1 fully saturated rings. The van der Waals surface area contributed by atoms with Gasteiger partial charge < -0.3 is 0 Å². The molecule has 0 heterocycles. The van der Waals surface area contributed by atoms with Crippen molar-refractivity contribution in [3.63, 3.8) is 0 Å². The zero-order chi connectivity index (χ0) is 14.6. The molecule has 1 unspecified atom stereocenters. The zero-order valence-electron chi connectivity index (χ0n) is 8.43. The Hall–Kier alpha value is -0.670. The predicted octanol–water partition coefficient (Wildman–Crippen LogP) is 4.01. The summed E-state index contributed by atoms with van der Waals surface area (Å²) in [6.07, 6.45) is -23.5. The number of hydrogen-bond donors (Lipinski definition) is 0. The second kappa shape index (κ2) is 3.67. The molecule has 0 amide bonds. The Balaban J connectivity index is 3.55. The summed E-state index contributed by atoms with van der Waals surface area (Å²) in [6, 6.07) is 0.